The molecule has 0 aromatic carbocycles. The van der Waals surface area contributed by atoms with Gasteiger partial charge in [0.15, 0.2) is 6.10 Å². The zero-order chi connectivity index (χ0) is 57.8. The maximum Gasteiger partial charge on any atom is 0.306 e. The fraction of sp³-hybridized carbons (Fsp3) is 0.824. The summed E-state index contributed by atoms with van der Waals surface area (Å²) in [4.78, 5) is 38.4. The topological polar surface area (TPSA) is 78.9 Å². The van der Waals surface area contributed by atoms with E-state index in [0.717, 1.165) is 89.9 Å². The highest BCUT2D eigenvalue weighted by Crippen LogP contribution is 2.18. The van der Waals surface area contributed by atoms with Crippen molar-refractivity contribution in [3.05, 3.63) is 60.8 Å². The van der Waals surface area contributed by atoms with E-state index in [0.29, 0.717) is 19.3 Å². The van der Waals surface area contributed by atoms with Crippen molar-refractivity contribution < 1.29 is 28.6 Å². The van der Waals surface area contributed by atoms with Crippen molar-refractivity contribution in [1.29, 1.82) is 0 Å². The molecule has 0 spiro atoms. The zero-order valence-corrected chi connectivity index (χ0v) is 53.6. The van der Waals surface area contributed by atoms with E-state index in [1.54, 1.807) is 0 Å². The first kappa shape index (κ1) is 77.1. The van der Waals surface area contributed by atoms with Crippen molar-refractivity contribution in [1.82, 2.24) is 0 Å². The van der Waals surface area contributed by atoms with Crippen LogP contribution in [0, 0.1) is 0 Å². The lowest BCUT2D eigenvalue weighted by Gasteiger charge is -2.18. The van der Waals surface area contributed by atoms with E-state index in [2.05, 4.69) is 81.5 Å². The molecule has 1 unspecified atom stereocenters. The minimum absolute atomic E-state index is 0.0736. The molecule has 0 radical (unpaired) electrons. The second kappa shape index (κ2) is 68.6. The molecule has 466 valence electrons. The molecule has 0 saturated heterocycles. The summed E-state index contributed by atoms with van der Waals surface area (Å²) < 4.78 is 17.0. The van der Waals surface area contributed by atoms with E-state index in [9.17, 15) is 14.4 Å². The summed E-state index contributed by atoms with van der Waals surface area (Å²) >= 11 is 0. The largest absolute Gasteiger partial charge is 0.462 e. The number of carbonyl (C=O) groups is 3. The third kappa shape index (κ3) is 65.9. The summed E-state index contributed by atoms with van der Waals surface area (Å²) in [5.41, 5.74) is 0. The number of hydrogen-bond donors (Lipinski definition) is 0. The molecular formula is C74H134O6. The minimum atomic E-state index is -0.777. The molecule has 0 saturated carbocycles. The lowest BCUT2D eigenvalue weighted by molar-refractivity contribution is -0.167. The first-order valence-corrected chi connectivity index (χ1v) is 35.3. The van der Waals surface area contributed by atoms with Gasteiger partial charge in [-0.05, 0) is 83.5 Å². The fourth-order valence-electron chi connectivity index (χ4n) is 10.5. The van der Waals surface area contributed by atoms with Crippen LogP contribution in [0.25, 0.3) is 0 Å². The Morgan fingerprint density at radius 2 is 0.487 bits per heavy atom. The van der Waals surface area contributed by atoms with Gasteiger partial charge in [-0.25, -0.2) is 0 Å². The van der Waals surface area contributed by atoms with E-state index in [-0.39, 0.29) is 31.1 Å². The molecule has 0 aliphatic heterocycles. The van der Waals surface area contributed by atoms with Crippen LogP contribution in [0.5, 0.6) is 0 Å². The molecule has 0 aliphatic carbocycles. The number of allylic oxidation sites excluding steroid dienone is 10. The second-order valence-corrected chi connectivity index (χ2v) is 23.8. The third-order valence-corrected chi connectivity index (χ3v) is 15.8. The summed E-state index contributed by atoms with van der Waals surface area (Å²) in [6, 6.07) is 0. The van der Waals surface area contributed by atoms with Gasteiger partial charge in [-0.2, -0.15) is 0 Å². The van der Waals surface area contributed by atoms with Gasteiger partial charge >= 0.3 is 17.9 Å². The Morgan fingerprint density at radius 1 is 0.263 bits per heavy atom. The van der Waals surface area contributed by atoms with E-state index in [1.165, 1.54) is 244 Å². The highest BCUT2D eigenvalue weighted by molar-refractivity contribution is 5.71. The predicted octanol–water partition coefficient (Wildman–Crippen LogP) is 24.3. The van der Waals surface area contributed by atoms with Crippen molar-refractivity contribution >= 4 is 17.9 Å². The Labute approximate surface area is 498 Å². The van der Waals surface area contributed by atoms with Gasteiger partial charge in [0, 0.05) is 19.3 Å². The average molecular weight is 1120 g/mol. The number of rotatable bonds is 65. The number of carbonyl (C=O) groups excluding carboxylic acids is 3. The molecule has 0 N–H and O–H groups in total. The van der Waals surface area contributed by atoms with Crippen LogP contribution in [0.2, 0.25) is 0 Å². The van der Waals surface area contributed by atoms with Gasteiger partial charge in [0.25, 0.3) is 0 Å². The number of unbranched alkanes of at least 4 members (excludes halogenated alkanes) is 44. The predicted molar refractivity (Wildman–Crippen MR) is 348 cm³/mol. The Morgan fingerprint density at radius 3 is 0.787 bits per heavy atom. The smallest absolute Gasteiger partial charge is 0.306 e. The summed E-state index contributed by atoms with van der Waals surface area (Å²) in [5.74, 6) is -0.860. The van der Waals surface area contributed by atoms with Crippen LogP contribution in [0.15, 0.2) is 60.8 Å². The summed E-state index contributed by atoms with van der Waals surface area (Å²) in [6.45, 7) is 6.57. The average Bonchev–Trinajstić information content (AvgIpc) is 3.46. The molecule has 6 nitrogen and oxygen atoms in total. The molecule has 80 heavy (non-hydrogen) atoms. The molecule has 0 aliphatic rings. The lowest BCUT2D eigenvalue weighted by Crippen LogP contribution is -2.30. The monoisotopic (exact) mass is 1120 g/mol. The molecule has 6 heteroatoms. The van der Waals surface area contributed by atoms with Crippen molar-refractivity contribution in [2.75, 3.05) is 13.2 Å². The molecule has 1 atom stereocenters. The van der Waals surface area contributed by atoms with Gasteiger partial charge in [-0.1, -0.05) is 332 Å². The second-order valence-electron chi connectivity index (χ2n) is 23.8. The van der Waals surface area contributed by atoms with Gasteiger partial charge in [0.2, 0.25) is 0 Å². The van der Waals surface area contributed by atoms with E-state index >= 15 is 0 Å². The normalized spacial score (nSPS) is 12.4. The molecule has 0 heterocycles. The number of ether oxygens (including phenoxy) is 3. The summed E-state index contributed by atoms with van der Waals surface area (Å²) in [7, 11) is 0. The van der Waals surface area contributed by atoms with Gasteiger partial charge in [-0.3, -0.25) is 14.4 Å². The molecule has 0 amide bonds. The molecule has 0 fully saturated rings. The van der Waals surface area contributed by atoms with Gasteiger partial charge in [0.1, 0.15) is 13.2 Å². The summed E-state index contributed by atoms with van der Waals surface area (Å²) in [6.07, 6.45) is 88.2. The number of hydrogen-bond acceptors (Lipinski definition) is 6. The molecular weight excluding hydrogens is 985 g/mol. The quantitative estimate of drug-likeness (QED) is 0.0261. The van der Waals surface area contributed by atoms with Crippen molar-refractivity contribution in [2.45, 2.75) is 380 Å². The Kier molecular flexibility index (Phi) is 66.1. The zero-order valence-electron chi connectivity index (χ0n) is 53.6. The standard InChI is InChI=1S/C74H134O6/c1-4-7-10-13-16-19-22-25-27-29-31-33-35-37-39-40-42-44-46-49-52-55-58-61-64-67-73(76)79-70-71(69-78-72(75)66-63-60-57-54-51-48-24-21-18-15-12-9-6-3)80-74(77)68-65-62-59-56-53-50-47-45-43-41-38-36-34-32-30-28-26-23-20-17-14-11-8-5-2/h7,10,16,19,21,24-25,27,31,33,71H,4-6,8-9,11-15,17-18,20,22-23,26,28-30,32,34-70H2,1-3H3/b10-7-,19-16-,24-21-,27-25-,33-31-. The van der Waals surface area contributed by atoms with Crippen molar-refractivity contribution in [3.8, 4) is 0 Å². The Balaban J connectivity index is 4.25. The minimum Gasteiger partial charge on any atom is -0.462 e. The van der Waals surface area contributed by atoms with Crippen LogP contribution in [0.3, 0.4) is 0 Å². The maximum atomic E-state index is 13.0. The van der Waals surface area contributed by atoms with Gasteiger partial charge < -0.3 is 14.2 Å². The van der Waals surface area contributed by atoms with Crippen LogP contribution in [-0.2, 0) is 28.6 Å². The maximum absolute atomic E-state index is 13.0. The van der Waals surface area contributed by atoms with Crippen LogP contribution in [0.4, 0.5) is 0 Å². The molecule has 0 bridgehead atoms. The van der Waals surface area contributed by atoms with Gasteiger partial charge in [-0.15, -0.1) is 0 Å². The van der Waals surface area contributed by atoms with Crippen molar-refractivity contribution in [3.63, 3.8) is 0 Å². The molecule has 0 rings (SSSR count). The fourth-order valence-corrected chi connectivity index (χ4v) is 10.5. The lowest BCUT2D eigenvalue weighted by atomic mass is 10.0. The highest BCUT2D eigenvalue weighted by atomic mass is 16.6. The molecule has 0 aromatic rings. The van der Waals surface area contributed by atoms with E-state index in [1.807, 2.05) is 0 Å². The highest BCUT2D eigenvalue weighted by Gasteiger charge is 2.19. The van der Waals surface area contributed by atoms with Crippen molar-refractivity contribution in [2.24, 2.45) is 0 Å². The van der Waals surface area contributed by atoms with Crippen LogP contribution in [-0.4, -0.2) is 37.2 Å². The van der Waals surface area contributed by atoms with Crippen LogP contribution in [0.1, 0.15) is 374 Å². The number of esters is 3. The first-order valence-electron chi connectivity index (χ1n) is 35.3. The SMILES string of the molecule is CC/C=C\C/C=C\C/C=C\C/C=C\CCCCCCCCCCCCCCC(=O)OCC(COC(=O)CCCCCCC/C=C\CCCCCC)OC(=O)CCCCCCCCCCCCCCCCCCCCCCCCCC. The van der Waals surface area contributed by atoms with Crippen LogP contribution >= 0.6 is 0 Å². The Hall–Kier alpha value is -2.89. The summed E-state index contributed by atoms with van der Waals surface area (Å²) in [5, 5.41) is 0. The molecule has 0 aromatic heterocycles. The third-order valence-electron chi connectivity index (χ3n) is 15.8. The van der Waals surface area contributed by atoms with Crippen LogP contribution < -0.4 is 0 Å². The van der Waals surface area contributed by atoms with E-state index in [4.69, 9.17) is 14.2 Å². The van der Waals surface area contributed by atoms with Gasteiger partial charge in [0.05, 0.1) is 0 Å². The first-order chi connectivity index (χ1) is 39.5. The van der Waals surface area contributed by atoms with E-state index < -0.39 is 6.10 Å². The Bertz CT molecular complexity index is 1430.